The molecule has 0 aliphatic heterocycles. The molecule has 3 rings (SSSR count). The Bertz CT molecular complexity index is 554. The number of carbonyl (C=O) groups is 2. The monoisotopic (exact) mass is 277 g/mol. The zero-order chi connectivity index (χ0) is 14.3. The van der Waals surface area contributed by atoms with Gasteiger partial charge in [0.2, 0.25) is 0 Å². The number of aromatic nitrogens is 2. The molecule has 2 N–H and O–H groups in total. The molecule has 0 aromatic carbocycles. The fraction of sp³-hybridized carbons (Fsp3) is 0.643. The molecule has 0 unspecified atom stereocenters. The highest BCUT2D eigenvalue weighted by Crippen LogP contribution is 2.36. The standard InChI is InChI=1S/C14H19N3O3/c1-17-11(8-10(16-17)9-4-2-3-5-9)12(18)15-14(6-7-14)13(19)20/h8-9H,2-7H2,1H3,(H,15,18)(H,19,20). The summed E-state index contributed by atoms with van der Waals surface area (Å²) in [5.74, 6) is -0.856. The second kappa shape index (κ2) is 4.61. The van der Waals surface area contributed by atoms with Crippen LogP contribution >= 0.6 is 0 Å². The fourth-order valence-corrected chi connectivity index (χ4v) is 2.92. The molecule has 20 heavy (non-hydrogen) atoms. The minimum atomic E-state index is -1.05. The van der Waals surface area contributed by atoms with Crippen LogP contribution < -0.4 is 5.32 Å². The average molecular weight is 277 g/mol. The van der Waals surface area contributed by atoms with Gasteiger partial charge in [-0.25, -0.2) is 4.79 Å². The number of aliphatic carboxylic acids is 1. The molecule has 108 valence electrons. The quantitative estimate of drug-likeness (QED) is 0.871. The fourth-order valence-electron chi connectivity index (χ4n) is 2.92. The second-order valence-electron chi connectivity index (χ2n) is 5.90. The lowest BCUT2D eigenvalue weighted by Gasteiger charge is -2.11. The van der Waals surface area contributed by atoms with Crippen LogP contribution in [0.3, 0.4) is 0 Å². The van der Waals surface area contributed by atoms with E-state index in [0.29, 0.717) is 24.5 Å². The molecule has 1 aromatic heterocycles. The Morgan fingerprint density at radius 1 is 1.40 bits per heavy atom. The number of carboxylic acid groups (broad SMARTS) is 1. The van der Waals surface area contributed by atoms with E-state index in [0.717, 1.165) is 18.5 Å². The summed E-state index contributed by atoms with van der Waals surface area (Å²) in [5.41, 5.74) is 0.351. The van der Waals surface area contributed by atoms with Gasteiger partial charge in [-0.05, 0) is 31.7 Å². The molecule has 6 heteroatoms. The van der Waals surface area contributed by atoms with Crippen LogP contribution in [0, 0.1) is 0 Å². The zero-order valence-electron chi connectivity index (χ0n) is 11.6. The first-order chi connectivity index (χ1) is 9.52. The van der Waals surface area contributed by atoms with Crippen LogP contribution in [0.15, 0.2) is 6.07 Å². The van der Waals surface area contributed by atoms with E-state index in [2.05, 4.69) is 10.4 Å². The minimum absolute atomic E-state index is 0.343. The normalized spacial score (nSPS) is 20.9. The zero-order valence-corrected chi connectivity index (χ0v) is 11.6. The molecular formula is C14H19N3O3. The predicted molar refractivity (Wildman–Crippen MR) is 71.5 cm³/mol. The molecule has 2 fully saturated rings. The molecule has 1 heterocycles. The summed E-state index contributed by atoms with van der Waals surface area (Å²) >= 11 is 0. The highest BCUT2D eigenvalue weighted by molar-refractivity contribution is 5.97. The summed E-state index contributed by atoms with van der Waals surface area (Å²) in [6.45, 7) is 0. The molecule has 2 saturated carbocycles. The highest BCUT2D eigenvalue weighted by atomic mass is 16.4. The number of hydrogen-bond donors (Lipinski definition) is 2. The number of nitrogens with one attached hydrogen (secondary N) is 1. The van der Waals surface area contributed by atoms with Crippen LogP contribution in [0.4, 0.5) is 0 Å². The minimum Gasteiger partial charge on any atom is -0.480 e. The van der Waals surface area contributed by atoms with Crippen molar-refractivity contribution in [3.63, 3.8) is 0 Å². The van der Waals surface area contributed by atoms with Gasteiger partial charge in [0.25, 0.3) is 5.91 Å². The van der Waals surface area contributed by atoms with Gasteiger partial charge in [-0.15, -0.1) is 0 Å². The molecule has 0 atom stereocenters. The maximum Gasteiger partial charge on any atom is 0.329 e. The van der Waals surface area contributed by atoms with Crippen LogP contribution in [0.2, 0.25) is 0 Å². The molecule has 1 aromatic rings. The first-order valence-corrected chi connectivity index (χ1v) is 7.12. The van der Waals surface area contributed by atoms with Crippen molar-refractivity contribution >= 4 is 11.9 Å². The maximum atomic E-state index is 12.2. The molecule has 0 saturated heterocycles. The third-order valence-electron chi connectivity index (χ3n) is 4.42. The third-order valence-corrected chi connectivity index (χ3v) is 4.42. The average Bonchev–Trinajstić information content (AvgIpc) is 2.86. The number of carbonyl (C=O) groups excluding carboxylic acids is 1. The lowest BCUT2D eigenvalue weighted by Crippen LogP contribution is -2.43. The van der Waals surface area contributed by atoms with E-state index >= 15 is 0 Å². The van der Waals surface area contributed by atoms with Crippen molar-refractivity contribution in [2.24, 2.45) is 7.05 Å². The van der Waals surface area contributed by atoms with Crippen molar-refractivity contribution in [3.05, 3.63) is 17.5 Å². The summed E-state index contributed by atoms with van der Waals surface area (Å²) in [4.78, 5) is 23.3. The van der Waals surface area contributed by atoms with Crippen molar-refractivity contribution in [2.45, 2.75) is 50.0 Å². The van der Waals surface area contributed by atoms with Crippen LogP contribution in [0.25, 0.3) is 0 Å². The Kier molecular flexibility index (Phi) is 3.03. The molecule has 0 radical (unpaired) electrons. The van der Waals surface area contributed by atoms with Gasteiger partial charge < -0.3 is 10.4 Å². The maximum absolute atomic E-state index is 12.2. The van der Waals surface area contributed by atoms with Crippen LogP contribution in [-0.4, -0.2) is 32.3 Å². The van der Waals surface area contributed by atoms with Crippen LogP contribution in [0.5, 0.6) is 0 Å². The highest BCUT2D eigenvalue weighted by Gasteiger charge is 2.52. The van der Waals surface area contributed by atoms with E-state index in [9.17, 15) is 9.59 Å². The predicted octanol–water partition coefficient (Wildman–Crippen LogP) is 1.42. The topological polar surface area (TPSA) is 84.2 Å². The molecule has 0 bridgehead atoms. The number of amides is 1. The lowest BCUT2D eigenvalue weighted by molar-refractivity contribution is -0.140. The van der Waals surface area contributed by atoms with Gasteiger partial charge in [-0.3, -0.25) is 9.48 Å². The van der Waals surface area contributed by atoms with Crippen LogP contribution in [-0.2, 0) is 11.8 Å². The van der Waals surface area contributed by atoms with Crippen molar-refractivity contribution in [2.75, 3.05) is 0 Å². The first-order valence-electron chi connectivity index (χ1n) is 7.12. The van der Waals surface area contributed by atoms with Gasteiger partial charge in [0.1, 0.15) is 11.2 Å². The molecular weight excluding hydrogens is 258 g/mol. The van der Waals surface area contributed by atoms with Crippen molar-refractivity contribution in [1.29, 1.82) is 0 Å². The Hall–Kier alpha value is -1.85. The van der Waals surface area contributed by atoms with Gasteiger partial charge in [0.05, 0.1) is 5.69 Å². The van der Waals surface area contributed by atoms with E-state index in [4.69, 9.17) is 5.11 Å². The molecule has 2 aliphatic carbocycles. The summed E-state index contributed by atoms with van der Waals surface area (Å²) in [6.07, 6.45) is 5.67. The van der Waals surface area contributed by atoms with Crippen molar-refractivity contribution in [3.8, 4) is 0 Å². The van der Waals surface area contributed by atoms with Gasteiger partial charge in [-0.2, -0.15) is 5.10 Å². The molecule has 1 amide bonds. The van der Waals surface area contributed by atoms with E-state index in [1.807, 2.05) is 6.07 Å². The Balaban J connectivity index is 1.76. The number of hydrogen-bond acceptors (Lipinski definition) is 3. The number of carboxylic acids is 1. The van der Waals surface area contributed by atoms with Gasteiger partial charge in [0.15, 0.2) is 0 Å². The molecule has 6 nitrogen and oxygen atoms in total. The summed E-state index contributed by atoms with van der Waals surface area (Å²) < 4.78 is 1.56. The Labute approximate surface area is 117 Å². The van der Waals surface area contributed by atoms with Gasteiger partial charge in [-0.1, -0.05) is 12.8 Å². The smallest absolute Gasteiger partial charge is 0.329 e. The summed E-state index contributed by atoms with van der Waals surface area (Å²) in [7, 11) is 1.73. The molecule has 2 aliphatic rings. The first kappa shape index (κ1) is 13.1. The van der Waals surface area contributed by atoms with E-state index in [1.165, 1.54) is 12.8 Å². The summed E-state index contributed by atoms with van der Waals surface area (Å²) in [6, 6.07) is 1.81. The SMILES string of the molecule is Cn1nc(C2CCCC2)cc1C(=O)NC1(C(=O)O)CC1. The lowest BCUT2D eigenvalue weighted by atomic mass is 10.0. The second-order valence-corrected chi connectivity index (χ2v) is 5.90. The molecule has 0 spiro atoms. The largest absolute Gasteiger partial charge is 0.480 e. The summed E-state index contributed by atoms with van der Waals surface area (Å²) in [5, 5.41) is 16.2. The van der Waals surface area contributed by atoms with Crippen molar-refractivity contribution in [1.82, 2.24) is 15.1 Å². The van der Waals surface area contributed by atoms with E-state index in [-0.39, 0.29) is 5.91 Å². The van der Waals surface area contributed by atoms with Gasteiger partial charge in [0, 0.05) is 13.0 Å². The van der Waals surface area contributed by atoms with E-state index < -0.39 is 11.5 Å². The number of nitrogens with zero attached hydrogens (tertiary/aromatic N) is 2. The Morgan fingerprint density at radius 2 is 2.05 bits per heavy atom. The van der Waals surface area contributed by atoms with E-state index in [1.54, 1.807) is 11.7 Å². The Morgan fingerprint density at radius 3 is 2.60 bits per heavy atom. The van der Waals surface area contributed by atoms with Crippen LogP contribution in [0.1, 0.15) is 60.6 Å². The van der Waals surface area contributed by atoms with Crippen molar-refractivity contribution < 1.29 is 14.7 Å². The number of rotatable bonds is 4. The number of aryl methyl sites for hydroxylation is 1. The third kappa shape index (κ3) is 2.19. The van der Waals surface area contributed by atoms with Gasteiger partial charge >= 0.3 is 5.97 Å².